The van der Waals surface area contributed by atoms with Crippen molar-refractivity contribution in [2.24, 2.45) is 0 Å². The average molecular weight is 364 g/mol. The van der Waals surface area contributed by atoms with Crippen molar-refractivity contribution in [3.05, 3.63) is 56.6 Å². The van der Waals surface area contributed by atoms with E-state index >= 15 is 0 Å². The largest absolute Gasteiger partial charge is 0.519 e. The highest BCUT2D eigenvalue weighted by atomic mass is 16.7. The fourth-order valence-corrected chi connectivity index (χ4v) is 1.91. The van der Waals surface area contributed by atoms with Gasteiger partial charge in [0.1, 0.15) is 0 Å². The maximum atomic E-state index is 11.9. The SMILES string of the molecule is COc1cc([N+](=O)[O-])ccc1OC(=O)Oc1ccc([N+](=O)[O-])cc1OC. The van der Waals surface area contributed by atoms with Crippen LogP contribution in [0.25, 0.3) is 0 Å². The zero-order valence-electron chi connectivity index (χ0n) is 13.5. The number of nitro benzene ring substituents is 2. The van der Waals surface area contributed by atoms with Crippen molar-refractivity contribution in [2.45, 2.75) is 0 Å². The van der Waals surface area contributed by atoms with Crippen LogP contribution in [0.2, 0.25) is 0 Å². The van der Waals surface area contributed by atoms with Gasteiger partial charge in [0.05, 0.1) is 36.2 Å². The molecule has 2 aromatic carbocycles. The summed E-state index contributed by atoms with van der Waals surface area (Å²) >= 11 is 0. The number of carbonyl (C=O) groups is 1. The molecule has 0 aromatic heterocycles. The molecule has 11 heteroatoms. The standard InChI is InChI=1S/C15H12N2O9/c1-23-13-7-9(16(19)20)3-5-11(13)25-15(18)26-12-6-4-10(17(21)22)8-14(12)24-2/h3-8H,1-2H3. The maximum absolute atomic E-state index is 11.9. The molecule has 0 saturated carbocycles. The highest BCUT2D eigenvalue weighted by Gasteiger charge is 2.19. The monoisotopic (exact) mass is 364 g/mol. The Morgan fingerprint density at radius 1 is 0.769 bits per heavy atom. The summed E-state index contributed by atoms with van der Waals surface area (Å²) in [7, 11) is 2.49. The molecular formula is C15H12N2O9. The molecule has 0 radical (unpaired) electrons. The topological polar surface area (TPSA) is 140 Å². The van der Waals surface area contributed by atoms with Crippen LogP contribution in [0.5, 0.6) is 23.0 Å². The Morgan fingerprint density at radius 3 is 1.46 bits per heavy atom. The predicted octanol–water partition coefficient (Wildman–Crippen LogP) is 3.10. The number of hydrogen-bond acceptors (Lipinski definition) is 9. The van der Waals surface area contributed by atoms with Crippen LogP contribution in [0.15, 0.2) is 36.4 Å². The molecule has 136 valence electrons. The van der Waals surface area contributed by atoms with Crippen LogP contribution in [0, 0.1) is 20.2 Å². The summed E-state index contributed by atoms with van der Waals surface area (Å²) in [6.07, 6.45) is -1.19. The van der Waals surface area contributed by atoms with Gasteiger partial charge in [-0.25, -0.2) is 4.79 Å². The molecule has 11 nitrogen and oxygen atoms in total. The third-order valence-electron chi connectivity index (χ3n) is 3.10. The van der Waals surface area contributed by atoms with Crippen molar-refractivity contribution in [1.82, 2.24) is 0 Å². The number of benzene rings is 2. The lowest BCUT2D eigenvalue weighted by Crippen LogP contribution is -2.15. The summed E-state index contributed by atoms with van der Waals surface area (Å²) in [5, 5.41) is 21.5. The number of nitro groups is 2. The Bertz CT molecular complexity index is 797. The Morgan fingerprint density at radius 2 is 1.15 bits per heavy atom. The molecule has 0 amide bonds. The summed E-state index contributed by atoms with van der Waals surface area (Å²) < 4.78 is 19.8. The molecule has 2 rings (SSSR count). The summed E-state index contributed by atoms with van der Waals surface area (Å²) in [5.74, 6) is -0.313. The lowest BCUT2D eigenvalue weighted by Gasteiger charge is -2.11. The molecule has 0 aliphatic heterocycles. The highest BCUT2D eigenvalue weighted by molar-refractivity contribution is 5.70. The Hall–Kier alpha value is -3.89. The van der Waals surface area contributed by atoms with E-state index in [1.807, 2.05) is 0 Å². The van der Waals surface area contributed by atoms with E-state index in [4.69, 9.17) is 18.9 Å². The second kappa shape index (κ2) is 7.79. The van der Waals surface area contributed by atoms with Gasteiger partial charge in [-0.2, -0.15) is 0 Å². The van der Waals surface area contributed by atoms with E-state index in [2.05, 4.69) is 0 Å². The minimum Gasteiger partial charge on any atom is -0.493 e. The number of carbonyl (C=O) groups excluding carboxylic acids is 1. The van der Waals surface area contributed by atoms with Crippen LogP contribution in [0.4, 0.5) is 16.2 Å². The number of ether oxygens (including phenoxy) is 4. The minimum atomic E-state index is -1.19. The maximum Gasteiger partial charge on any atom is 0.519 e. The van der Waals surface area contributed by atoms with Crippen LogP contribution in [-0.2, 0) is 0 Å². The van der Waals surface area contributed by atoms with E-state index in [9.17, 15) is 25.0 Å². The number of hydrogen-bond donors (Lipinski definition) is 0. The smallest absolute Gasteiger partial charge is 0.493 e. The first-order valence-electron chi connectivity index (χ1n) is 6.90. The molecular weight excluding hydrogens is 352 g/mol. The van der Waals surface area contributed by atoms with E-state index in [1.54, 1.807) is 0 Å². The zero-order valence-corrected chi connectivity index (χ0v) is 13.5. The molecule has 0 N–H and O–H groups in total. The summed E-state index contributed by atoms with van der Waals surface area (Å²) in [6.45, 7) is 0. The number of non-ortho nitro benzene ring substituents is 2. The molecule has 0 unspecified atom stereocenters. The van der Waals surface area contributed by atoms with Gasteiger partial charge >= 0.3 is 6.16 Å². The first kappa shape index (κ1) is 18.4. The molecule has 26 heavy (non-hydrogen) atoms. The summed E-state index contributed by atoms with van der Waals surface area (Å²) in [5.41, 5.74) is -0.501. The van der Waals surface area contributed by atoms with Crippen LogP contribution in [0.3, 0.4) is 0 Å². The lowest BCUT2D eigenvalue weighted by molar-refractivity contribution is -0.385. The highest BCUT2D eigenvalue weighted by Crippen LogP contribution is 2.33. The second-order valence-corrected chi connectivity index (χ2v) is 4.64. The Kier molecular flexibility index (Phi) is 5.53. The number of nitrogens with zero attached hydrogens (tertiary/aromatic N) is 2. The van der Waals surface area contributed by atoms with Gasteiger partial charge in [0.2, 0.25) is 0 Å². The van der Waals surface area contributed by atoms with Gasteiger partial charge in [0.25, 0.3) is 11.4 Å². The molecule has 0 heterocycles. The molecule has 0 aliphatic carbocycles. The molecule has 0 spiro atoms. The van der Waals surface area contributed by atoms with Gasteiger partial charge in [0, 0.05) is 12.1 Å². The van der Waals surface area contributed by atoms with Crippen molar-refractivity contribution >= 4 is 17.5 Å². The number of rotatable bonds is 6. The van der Waals surface area contributed by atoms with Crippen molar-refractivity contribution in [1.29, 1.82) is 0 Å². The Balaban J connectivity index is 2.19. The van der Waals surface area contributed by atoms with Crippen LogP contribution in [-0.4, -0.2) is 30.2 Å². The van der Waals surface area contributed by atoms with Crippen molar-refractivity contribution in [3.63, 3.8) is 0 Å². The van der Waals surface area contributed by atoms with E-state index in [0.717, 1.165) is 24.3 Å². The predicted molar refractivity (Wildman–Crippen MR) is 85.9 cm³/mol. The fourth-order valence-electron chi connectivity index (χ4n) is 1.91. The van der Waals surface area contributed by atoms with E-state index < -0.39 is 16.0 Å². The van der Waals surface area contributed by atoms with E-state index in [-0.39, 0.29) is 34.4 Å². The molecule has 0 atom stereocenters. The van der Waals surface area contributed by atoms with E-state index in [0.29, 0.717) is 0 Å². The van der Waals surface area contributed by atoms with Crippen molar-refractivity contribution in [2.75, 3.05) is 14.2 Å². The molecule has 0 bridgehead atoms. The molecule has 0 saturated heterocycles. The lowest BCUT2D eigenvalue weighted by atomic mass is 10.3. The van der Waals surface area contributed by atoms with E-state index in [1.165, 1.54) is 26.4 Å². The summed E-state index contributed by atoms with van der Waals surface area (Å²) in [6, 6.07) is 6.75. The molecule has 0 aliphatic rings. The quantitative estimate of drug-likeness (QED) is 0.327. The average Bonchev–Trinajstić information content (AvgIpc) is 2.61. The third kappa shape index (κ3) is 4.14. The van der Waals surface area contributed by atoms with Gasteiger partial charge in [0.15, 0.2) is 23.0 Å². The fraction of sp³-hybridized carbons (Fsp3) is 0.133. The second-order valence-electron chi connectivity index (χ2n) is 4.64. The van der Waals surface area contributed by atoms with Crippen molar-refractivity contribution in [3.8, 4) is 23.0 Å². The van der Waals surface area contributed by atoms with Gasteiger partial charge < -0.3 is 18.9 Å². The first-order chi connectivity index (χ1) is 12.3. The van der Waals surface area contributed by atoms with Crippen LogP contribution < -0.4 is 18.9 Å². The van der Waals surface area contributed by atoms with Crippen LogP contribution in [0.1, 0.15) is 0 Å². The minimum absolute atomic E-state index is 0.0492. The first-order valence-corrected chi connectivity index (χ1v) is 6.90. The zero-order chi connectivity index (χ0) is 19.3. The number of methoxy groups -OCH3 is 2. The summed E-state index contributed by atoms with van der Waals surface area (Å²) in [4.78, 5) is 32.2. The normalized spacial score (nSPS) is 9.92. The molecule has 2 aromatic rings. The van der Waals surface area contributed by atoms with Crippen LogP contribution >= 0.6 is 0 Å². The Labute approximate surface area is 146 Å². The van der Waals surface area contributed by atoms with Gasteiger partial charge in [-0.05, 0) is 12.1 Å². The van der Waals surface area contributed by atoms with Gasteiger partial charge in [-0.3, -0.25) is 20.2 Å². The van der Waals surface area contributed by atoms with Crippen molar-refractivity contribution < 1.29 is 33.6 Å². The van der Waals surface area contributed by atoms with Gasteiger partial charge in [-0.15, -0.1) is 0 Å². The molecule has 0 fully saturated rings. The third-order valence-corrected chi connectivity index (χ3v) is 3.10. The van der Waals surface area contributed by atoms with Gasteiger partial charge in [-0.1, -0.05) is 0 Å².